The van der Waals surface area contributed by atoms with Gasteiger partial charge in [0.25, 0.3) is 0 Å². The number of urea groups is 1. The topological polar surface area (TPSA) is 53.6 Å². The van der Waals surface area contributed by atoms with Crippen molar-refractivity contribution in [1.29, 1.82) is 0 Å². The van der Waals surface area contributed by atoms with Gasteiger partial charge in [-0.2, -0.15) is 0 Å². The molecule has 4 fully saturated rings. The molecule has 0 aromatic carbocycles. The van der Waals surface area contributed by atoms with Crippen LogP contribution in [0.1, 0.15) is 51.9 Å². The molecule has 23 heavy (non-hydrogen) atoms. The first kappa shape index (κ1) is 15.7. The van der Waals surface area contributed by atoms with Crippen molar-refractivity contribution in [1.82, 2.24) is 15.5 Å². The highest BCUT2D eigenvalue weighted by Crippen LogP contribution is 2.60. The second-order valence-electron chi connectivity index (χ2n) is 7.99. The predicted molar refractivity (Wildman–Crippen MR) is 89.3 cm³/mol. The Morgan fingerprint density at radius 3 is 2.61 bits per heavy atom. The zero-order chi connectivity index (χ0) is 15.9. The first-order chi connectivity index (χ1) is 11.2. The van der Waals surface area contributed by atoms with Crippen molar-refractivity contribution in [3.05, 3.63) is 0 Å². The van der Waals surface area contributed by atoms with Gasteiger partial charge >= 0.3 is 6.03 Å². The second-order valence-corrected chi connectivity index (χ2v) is 7.99. The summed E-state index contributed by atoms with van der Waals surface area (Å²) in [6.45, 7) is 6.41. The number of piperidine rings is 1. The molecule has 2 aliphatic heterocycles. The van der Waals surface area contributed by atoms with E-state index in [1.165, 1.54) is 25.7 Å². The molecule has 1 spiro atoms. The van der Waals surface area contributed by atoms with E-state index >= 15 is 0 Å². The van der Waals surface area contributed by atoms with Crippen molar-refractivity contribution in [2.45, 2.75) is 70.1 Å². The fourth-order valence-corrected chi connectivity index (χ4v) is 5.67. The fraction of sp³-hybridized carbons (Fsp3) is 0.944. The quantitative estimate of drug-likeness (QED) is 0.837. The van der Waals surface area contributed by atoms with Gasteiger partial charge in [0.05, 0.1) is 6.10 Å². The van der Waals surface area contributed by atoms with Gasteiger partial charge in [-0.25, -0.2) is 4.79 Å². The standard InChI is InChI=1S/C18H31N3O2/c1-2-21-10-5-13(6-11-21)19-17(22)20-15-14-7-12-23-16(14)18(15)8-3-4-9-18/h13-16H,2-12H2,1H3,(H2,19,20,22)/t14-,15-,16+/m1/s1. The normalized spacial score (nSPS) is 36.7. The number of nitrogens with zero attached hydrogens (tertiary/aromatic N) is 1. The van der Waals surface area contributed by atoms with E-state index in [9.17, 15) is 4.79 Å². The lowest BCUT2D eigenvalue weighted by Crippen LogP contribution is -2.69. The molecule has 130 valence electrons. The summed E-state index contributed by atoms with van der Waals surface area (Å²) in [5, 5.41) is 6.58. The monoisotopic (exact) mass is 321 g/mol. The minimum Gasteiger partial charge on any atom is -0.377 e. The SMILES string of the molecule is CCN1CCC(NC(=O)N[C@@H]2[C@H]3CCO[C@@H]3C23CCCC3)CC1. The maximum absolute atomic E-state index is 12.5. The van der Waals surface area contributed by atoms with E-state index in [1.807, 2.05) is 0 Å². The third kappa shape index (κ3) is 2.66. The van der Waals surface area contributed by atoms with Crippen LogP contribution < -0.4 is 10.6 Å². The largest absolute Gasteiger partial charge is 0.377 e. The fourth-order valence-electron chi connectivity index (χ4n) is 5.67. The second kappa shape index (κ2) is 6.25. The highest BCUT2D eigenvalue weighted by atomic mass is 16.5. The molecular formula is C18H31N3O2. The molecule has 2 saturated carbocycles. The van der Waals surface area contributed by atoms with Crippen LogP contribution in [0.15, 0.2) is 0 Å². The van der Waals surface area contributed by atoms with Gasteiger partial charge in [-0.3, -0.25) is 0 Å². The molecule has 2 aliphatic carbocycles. The van der Waals surface area contributed by atoms with Gasteiger partial charge in [0.2, 0.25) is 0 Å². The summed E-state index contributed by atoms with van der Waals surface area (Å²) in [4.78, 5) is 15.0. The summed E-state index contributed by atoms with van der Waals surface area (Å²) in [7, 11) is 0. The summed E-state index contributed by atoms with van der Waals surface area (Å²) < 4.78 is 6.00. The average Bonchev–Trinajstić information content (AvgIpc) is 3.22. The van der Waals surface area contributed by atoms with Gasteiger partial charge in [-0.15, -0.1) is 0 Å². The van der Waals surface area contributed by atoms with Crippen molar-refractivity contribution >= 4 is 6.03 Å². The number of fused-ring (bicyclic) bond motifs is 2. The summed E-state index contributed by atoms with van der Waals surface area (Å²) in [6.07, 6.45) is 8.74. The molecule has 2 N–H and O–H groups in total. The Labute approximate surface area is 139 Å². The number of rotatable bonds is 3. The molecule has 4 aliphatic rings. The van der Waals surface area contributed by atoms with Gasteiger partial charge in [-0.05, 0) is 38.6 Å². The van der Waals surface area contributed by atoms with E-state index in [-0.39, 0.29) is 11.4 Å². The number of hydrogen-bond acceptors (Lipinski definition) is 3. The van der Waals surface area contributed by atoms with Crippen molar-refractivity contribution in [2.24, 2.45) is 11.3 Å². The van der Waals surface area contributed by atoms with E-state index in [1.54, 1.807) is 0 Å². The minimum absolute atomic E-state index is 0.0570. The van der Waals surface area contributed by atoms with Crippen molar-refractivity contribution in [2.75, 3.05) is 26.2 Å². The first-order valence-corrected chi connectivity index (χ1v) is 9.64. The highest BCUT2D eigenvalue weighted by molar-refractivity contribution is 5.75. The number of carbonyl (C=O) groups excluding carboxylic acids is 1. The van der Waals surface area contributed by atoms with Gasteiger partial charge in [-0.1, -0.05) is 19.8 Å². The van der Waals surface area contributed by atoms with Gasteiger partial charge in [0.15, 0.2) is 0 Å². The zero-order valence-electron chi connectivity index (χ0n) is 14.4. The van der Waals surface area contributed by atoms with Gasteiger partial charge in [0, 0.05) is 43.1 Å². The van der Waals surface area contributed by atoms with E-state index in [0.717, 1.165) is 45.5 Å². The van der Waals surface area contributed by atoms with Crippen LogP contribution in [-0.4, -0.2) is 55.4 Å². The van der Waals surface area contributed by atoms with E-state index in [4.69, 9.17) is 4.74 Å². The lowest BCUT2D eigenvalue weighted by atomic mass is 9.54. The maximum Gasteiger partial charge on any atom is 0.315 e. The maximum atomic E-state index is 12.5. The molecule has 4 rings (SSSR count). The van der Waals surface area contributed by atoms with Crippen LogP contribution in [0.25, 0.3) is 0 Å². The summed E-state index contributed by atoms with van der Waals surface area (Å²) in [6, 6.07) is 0.739. The molecular weight excluding hydrogens is 290 g/mol. The Bertz CT molecular complexity index is 442. The van der Waals surface area contributed by atoms with E-state index in [2.05, 4.69) is 22.5 Å². The molecule has 0 bridgehead atoms. The Balaban J connectivity index is 1.32. The predicted octanol–water partition coefficient (Wildman–Crippen LogP) is 2.12. The number of hydrogen-bond donors (Lipinski definition) is 2. The van der Waals surface area contributed by atoms with Crippen LogP contribution in [0.4, 0.5) is 4.79 Å². The number of likely N-dealkylation sites (tertiary alicyclic amines) is 1. The molecule has 2 heterocycles. The summed E-state index contributed by atoms with van der Waals surface area (Å²) in [5.74, 6) is 0.556. The van der Waals surface area contributed by atoms with Crippen LogP contribution in [0.2, 0.25) is 0 Å². The Hall–Kier alpha value is -0.810. The zero-order valence-corrected chi connectivity index (χ0v) is 14.4. The van der Waals surface area contributed by atoms with Crippen molar-refractivity contribution in [3.63, 3.8) is 0 Å². The van der Waals surface area contributed by atoms with Crippen molar-refractivity contribution < 1.29 is 9.53 Å². The van der Waals surface area contributed by atoms with Crippen LogP contribution >= 0.6 is 0 Å². The van der Waals surface area contributed by atoms with E-state index in [0.29, 0.717) is 24.1 Å². The number of amides is 2. The third-order valence-electron chi connectivity index (χ3n) is 6.94. The Kier molecular flexibility index (Phi) is 4.26. The first-order valence-electron chi connectivity index (χ1n) is 9.64. The molecule has 0 aromatic rings. The lowest BCUT2D eigenvalue weighted by molar-refractivity contribution is -0.126. The average molecular weight is 321 g/mol. The molecule has 0 unspecified atom stereocenters. The molecule has 2 saturated heterocycles. The Morgan fingerprint density at radius 1 is 1.17 bits per heavy atom. The molecule has 5 heteroatoms. The van der Waals surface area contributed by atoms with Crippen LogP contribution in [0, 0.1) is 11.3 Å². The third-order valence-corrected chi connectivity index (χ3v) is 6.94. The van der Waals surface area contributed by atoms with E-state index < -0.39 is 0 Å². The van der Waals surface area contributed by atoms with Crippen LogP contribution in [0.3, 0.4) is 0 Å². The summed E-state index contributed by atoms with van der Waals surface area (Å²) >= 11 is 0. The Morgan fingerprint density at radius 2 is 1.91 bits per heavy atom. The highest BCUT2D eigenvalue weighted by Gasteiger charge is 2.65. The van der Waals surface area contributed by atoms with Gasteiger partial charge in [0.1, 0.15) is 0 Å². The molecule has 3 atom stereocenters. The molecule has 5 nitrogen and oxygen atoms in total. The number of ether oxygens (including phenoxy) is 1. The van der Waals surface area contributed by atoms with Crippen molar-refractivity contribution in [3.8, 4) is 0 Å². The van der Waals surface area contributed by atoms with Crippen LogP contribution in [0.5, 0.6) is 0 Å². The number of nitrogens with one attached hydrogen (secondary N) is 2. The minimum atomic E-state index is 0.0570. The molecule has 0 aromatic heterocycles. The molecule has 0 radical (unpaired) electrons. The summed E-state index contributed by atoms with van der Waals surface area (Å²) in [5.41, 5.74) is 0.254. The van der Waals surface area contributed by atoms with Gasteiger partial charge < -0.3 is 20.3 Å². The molecule has 2 amide bonds. The van der Waals surface area contributed by atoms with Crippen LogP contribution in [-0.2, 0) is 4.74 Å². The lowest BCUT2D eigenvalue weighted by Gasteiger charge is -2.56. The smallest absolute Gasteiger partial charge is 0.315 e. The number of carbonyl (C=O) groups is 1.